The molecule has 2 aromatic rings. The first-order valence-corrected chi connectivity index (χ1v) is 6.17. The summed E-state index contributed by atoms with van der Waals surface area (Å²) in [7, 11) is 2.97. The molecule has 0 aliphatic heterocycles. The molecule has 0 atom stereocenters. The number of halogens is 1. The van der Waals surface area contributed by atoms with Gasteiger partial charge in [0, 0.05) is 5.33 Å². The summed E-state index contributed by atoms with van der Waals surface area (Å²) in [5.74, 6) is 0.576. The Labute approximate surface area is 111 Å². The van der Waals surface area contributed by atoms with E-state index in [2.05, 4.69) is 31.1 Å². The van der Waals surface area contributed by atoms with E-state index in [4.69, 9.17) is 9.47 Å². The first-order valence-electron chi connectivity index (χ1n) is 5.05. The zero-order valence-corrected chi connectivity index (χ0v) is 11.4. The van der Waals surface area contributed by atoms with E-state index in [1.165, 1.54) is 14.2 Å². The van der Waals surface area contributed by atoms with Crippen molar-refractivity contribution in [2.45, 2.75) is 5.33 Å². The Hall–Kier alpha value is -1.76. The lowest BCUT2D eigenvalue weighted by Crippen LogP contribution is -1.98. The molecule has 18 heavy (non-hydrogen) atoms. The third kappa shape index (κ3) is 2.13. The molecule has 94 valence electrons. The van der Waals surface area contributed by atoms with Crippen molar-refractivity contribution in [3.05, 3.63) is 22.6 Å². The lowest BCUT2D eigenvalue weighted by Gasteiger charge is -2.09. The van der Waals surface area contributed by atoms with Crippen molar-refractivity contribution in [2.75, 3.05) is 14.2 Å². The molecule has 1 aromatic heterocycles. The average molecular weight is 312 g/mol. The van der Waals surface area contributed by atoms with E-state index < -0.39 is 0 Å². The Morgan fingerprint density at radius 2 is 1.89 bits per heavy atom. The summed E-state index contributed by atoms with van der Waals surface area (Å²) in [6.45, 7) is 0. The van der Waals surface area contributed by atoms with E-state index in [0.717, 1.165) is 5.56 Å². The number of fused-ring (bicyclic) bond motifs is 1. The largest absolute Gasteiger partial charge is 0.477 e. The fourth-order valence-electron chi connectivity index (χ4n) is 1.60. The Morgan fingerprint density at radius 3 is 2.44 bits per heavy atom. The number of hydrogen-bond acceptors (Lipinski definition) is 6. The smallest absolute Gasteiger partial charge is 0.278 e. The lowest BCUT2D eigenvalue weighted by atomic mass is 10.2. The molecule has 7 heteroatoms. The van der Waals surface area contributed by atoms with Crippen molar-refractivity contribution in [3.63, 3.8) is 0 Å². The summed E-state index contributed by atoms with van der Waals surface area (Å²) in [6, 6.07) is 3.22. The number of nitrogens with zero attached hydrogens (tertiary/aromatic N) is 3. The van der Waals surface area contributed by atoms with Crippen LogP contribution < -0.4 is 9.47 Å². The average Bonchev–Trinajstić information content (AvgIpc) is 2.44. The number of ether oxygens (including phenoxy) is 2. The summed E-state index contributed by atoms with van der Waals surface area (Å²) in [4.78, 5) is 19.2. The highest BCUT2D eigenvalue weighted by molar-refractivity contribution is 9.08. The third-order valence-electron chi connectivity index (χ3n) is 2.41. The van der Waals surface area contributed by atoms with Gasteiger partial charge in [-0.15, -0.1) is 4.91 Å². The molecule has 0 spiro atoms. The molecule has 0 saturated heterocycles. The number of methoxy groups -OCH3 is 2. The van der Waals surface area contributed by atoms with Gasteiger partial charge in [0.05, 0.1) is 25.3 Å². The zero-order chi connectivity index (χ0) is 13.1. The number of benzene rings is 1. The van der Waals surface area contributed by atoms with Crippen molar-refractivity contribution in [2.24, 2.45) is 5.18 Å². The number of hydrogen-bond donors (Lipinski definition) is 0. The predicted octanol–water partition coefficient (Wildman–Crippen LogP) is 2.94. The number of nitroso groups, excluding NO2 is 1. The summed E-state index contributed by atoms with van der Waals surface area (Å²) in [5, 5.41) is 3.46. The highest BCUT2D eigenvalue weighted by Gasteiger charge is 2.13. The topological polar surface area (TPSA) is 73.7 Å². The van der Waals surface area contributed by atoms with Crippen LogP contribution in [0.15, 0.2) is 17.3 Å². The maximum atomic E-state index is 10.6. The maximum Gasteiger partial charge on any atom is 0.278 e. The highest BCUT2D eigenvalue weighted by atomic mass is 79.9. The Morgan fingerprint density at radius 1 is 1.22 bits per heavy atom. The van der Waals surface area contributed by atoms with Gasteiger partial charge in [-0.05, 0) is 22.9 Å². The van der Waals surface area contributed by atoms with Crippen LogP contribution in [0.5, 0.6) is 11.8 Å². The van der Waals surface area contributed by atoms with E-state index in [-0.39, 0.29) is 5.88 Å². The normalized spacial score (nSPS) is 10.4. The molecule has 0 aliphatic carbocycles. The molecular formula is C11H10BrN3O3. The predicted molar refractivity (Wildman–Crippen MR) is 70.7 cm³/mol. The summed E-state index contributed by atoms with van der Waals surface area (Å²) in [6.07, 6.45) is 0. The quantitative estimate of drug-likeness (QED) is 0.641. The number of aromatic nitrogens is 2. The van der Waals surface area contributed by atoms with Gasteiger partial charge < -0.3 is 9.47 Å². The summed E-state index contributed by atoms with van der Waals surface area (Å²) < 4.78 is 10.2. The van der Waals surface area contributed by atoms with Crippen molar-refractivity contribution >= 4 is 32.7 Å². The van der Waals surface area contributed by atoms with Gasteiger partial charge in [0.25, 0.3) is 11.8 Å². The SMILES string of the molecule is COc1nc2cc(N=O)cc(CBr)c2nc1OC. The Balaban J connectivity index is 2.78. The fraction of sp³-hybridized carbons (Fsp3) is 0.273. The molecule has 0 aliphatic rings. The zero-order valence-electron chi connectivity index (χ0n) is 9.81. The standard InChI is InChI=1S/C11H10BrN3O3/c1-17-10-11(18-2)14-9-6(5-12)3-7(15-16)4-8(9)13-10/h3-4H,5H2,1-2H3. The van der Waals surface area contributed by atoms with Crippen molar-refractivity contribution < 1.29 is 9.47 Å². The minimum atomic E-state index is 0.272. The monoisotopic (exact) mass is 311 g/mol. The number of alkyl halides is 1. The minimum absolute atomic E-state index is 0.272. The molecule has 2 rings (SSSR count). The molecule has 1 aromatic carbocycles. The Kier molecular flexibility index (Phi) is 3.71. The van der Waals surface area contributed by atoms with Gasteiger partial charge >= 0.3 is 0 Å². The first-order chi connectivity index (χ1) is 8.73. The molecule has 1 heterocycles. The molecule has 0 amide bonds. The van der Waals surface area contributed by atoms with Crippen LogP contribution in [-0.4, -0.2) is 24.2 Å². The fourth-order valence-corrected chi connectivity index (χ4v) is 2.03. The van der Waals surface area contributed by atoms with Gasteiger partial charge in [0.1, 0.15) is 5.69 Å². The van der Waals surface area contributed by atoms with Crippen LogP contribution >= 0.6 is 15.9 Å². The molecule has 0 radical (unpaired) electrons. The van der Waals surface area contributed by atoms with E-state index >= 15 is 0 Å². The molecule has 0 bridgehead atoms. The van der Waals surface area contributed by atoms with Crippen LogP contribution in [0.1, 0.15) is 5.56 Å². The van der Waals surface area contributed by atoms with Gasteiger partial charge in [-0.25, -0.2) is 9.97 Å². The van der Waals surface area contributed by atoms with Crippen LogP contribution in [0.4, 0.5) is 5.69 Å². The van der Waals surface area contributed by atoms with E-state index in [0.29, 0.717) is 27.9 Å². The molecule has 0 fully saturated rings. The lowest BCUT2D eigenvalue weighted by molar-refractivity contribution is 0.334. The van der Waals surface area contributed by atoms with Crippen molar-refractivity contribution in [1.29, 1.82) is 0 Å². The molecule has 0 saturated carbocycles. The van der Waals surface area contributed by atoms with Crippen LogP contribution in [-0.2, 0) is 5.33 Å². The van der Waals surface area contributed by atoms with Gasteiger partial charge in [-0.1, -0.05) is 15.9 Å². The van der Waals surface area contributed by atoms with Crippen molar-refractivity contribution in [1.82, 2.24) is 9.97 Å². The van der Waals surface area contributed by atoms with E-state index in [1.54, 1.807) is 12.1 Å². The number of rotatable bonds is 4. The molecule has 0 unspecified atom stereocenters. The van der Waals surface area contributed by atoms with E-state index in [9.17, 15) is 4.91 Å². The molecule has 0 N–H and O–H groups in total. The van der Waals surface area contributed by atoms with Gasteiger partial charge in [-0.3, -0.25) is 0 Å². The van der Waals surface area contributed by atoms with Crippen LogP contribution in [0.2, 0.25) is 0 Å². The van der Waals surface area contributed by atoms with Crippen molar-refractivity contribution in [3.8, 4) is 11.8 Å². The highest BCUT2D eigenvalue weighted by Crippen LogP contribution is 2.30. The summed E-state index contributed by atoms with van der Waals surface area (Å²) in [5.41, 5.74) is 2.31. The summed E-state index contributed by atoms with van der Waals surface area (Å²) >= 11 is 3.34. The van der Waals surface area contributed by atoms with Gasteiger partial charge in [0.2, 0.25) is 0 Å². The second-order valence-electron chi connectivity index (χ2n) is 3.44. The Bertz CT molecular complexity index is 604. The van der Waals surface area contributed by atoms with E-state index in [1.807, 2.05) is 0 Å². The van der Waals surface area contributed by atoms with Gasteiger partial charge in [-0.2, -0.15) is 0 Å². The minimum Gasteiger partial charge on any atom is -0.477 e. The second kappa shape index (κ2) is 5.26. The third-order valence-corrected chi connectivity index (χ3v) is 3.01. The van der Waals surface area contributed by atoms with Gasteiger partial charge in [0.15, 0.2) is 0 Å². The van der Waals surface area contributed by atoms with Crippen LogP contribution in [0, 0.1) is 4.91 Å². The maximum absolute atomic E-state index is 10.6. The molecule has 6 nitrogen and oxygen atoms in total. The van der Waals surface area contributed by atoms with Crippen LogP contribution in [0.3, 0.4) is 0 Å². The second-order valence-corrected chi connectivity index (χ2v) is 4.00. The molecular weight excluding hydrogens is 302 g/mol. The van der Waals surface area contributed by atoms with Crippen LogP contribution in [0.25, 0.3) is 11.0 Å². The first kappa shape index (κ1) is 12.7.